The third kappa shape index (κ3) is 2.77. The van der Waals surface area contributed by atoms with E-state index in [2.05, 4.69) is 15.3 Å². The Bertz CT molecular complexity index is 818. The van der Waals surface area contributed by atoms with E-state index in [1.165, 1.54) is 4.68 Å². The van der Waals surface area contributed by atoms with Gasteiger partial charge in [-0.2, -0.15) is 9.78 Å². The van der Waals surface area contributed by atoms with Crippen molar-refractivity contribution < 1.29 is 9.15 Å². The zero-order valence-electron chi connectivity index (χ0n) is 11.2. The topological polar surface area (TPSA) is 68.3 Å². The van der Waals surface area contributed by atoms with Crippen LogP contribution < -0.4 is 4.74 Å². The van der Waals surface area contributed by atoms with Crippen LogP contribution in [-0.4, -0.2) is 28.2 Å². The van der Waals surface area contributed by atoms with Gasteiger partial charge in [0.15, 0.2) is 5.76 Å². The number of hydrogen-bond donors (Lipinski definition) is 1. The van der Waals surface area contributed by atoms with Crippen LogP contribution in [-0.2, 0) is 0 Å². The molecule has 1 aromatic carbocycles. The molecule has 0 aliphatic carbocycles. The van der Waals surface area contributed by atoms with E-state index in [0.29, 0.717) is 16.4 Å². The number of aromatic amines is 1. The molecule has 3 rings (SSSR count). The van der Waals surface area contributed by atoms with Crippen LogP contribution in [0.3, 0.4) is 0 Å². The molecule has 0 spiro atoms. The molecule has 1 N–H and O–H groups in total. The summed E-state index contributed by atoms with van der Waals surface area (Å²) in [4.78, 5) is 0. The number of ether oxygens (including phenoxy) is 1. The van der Waals surface area contributed by atoms with Gasteiger partial charge in [-0.15, -0.1) is 5.10 Å². The summed E-state index contributed by atoms with van der Waals surface area (Å²) in [6.07, 6.45) is 3.25. The molecule has 2 aromatic heterocycles. The van der Waals surface area contributed by atoms with E-state index in [1.54, 1.807) is 31.7 Å². The largest absolute Gasteiger partial charge is 0.497 e. The number of nitrogens with zero attached hydrogens (tertiary/aromatic N) is 3. The summed E-state index contributed by atoms with van der Waals surface area (Å²) < 4.78 is 12.4. The lowest BCUT2D eigenvalue weighted by Crippen LogP contribution is -1.94. The van der Waals surface area contributed by atoms with Gasteiger partial charge < -0.3 is 9.15 Å². The van der Waals surface area contributed by atoms with E-state index < -0.39 is 0 Å². The molecular weight excluding hydrogens is 288 g/mol. The van der Waals surface area contributed by atoms with Crippen molar-refractivity contribution >= 4 is 18.4 Å². The van der Waals surface area contributed by atoms with E-state index >= 15 is 0 Å². The van der Waals surface area contributed by atoms with Crippen molar-refractivity contribution in [1.82, 2.24) is 14.9 Å². The Morgan fingerprint density at radius 2 is 2.29 bits per heavy atom. The van der Waals surface area contributed by atoms with Gasteiger partial charge in [-0.25, -0.2) is 5.10 Å². The number of furan rings is 1. The molecule has 0 fully saturated rings. The third-order valence-electron chi connectivity index (χ3n) is 2.81. The van der Waals surface area contributed by atoms with Crippen molar-refractivity contribution in [3.8, 4) is 17.3 Å². The lowest BCUT2D eigenvalue weighted by Gasteiger charge is -2.00. The molecule has 0 unspecified atom stereocenters. The van der Waals surface area contributed by atoms with Crippen LogP contribution in [0.15, 0.2) is 52.2 Å². The summed E-state index contributed by atoms with van der Waals surface area (Å²) in [6.45, 7) is 0. The Hall–Kier alpha value is -2.67. The average molecular weight is 300 g/mol. The van der Waals surface area contributed by atoms with Crippen LogP contribution in [0.1, 0.15) is 5.56 Å². The monoisotopic (exact) mass is 300 g/mol. The average Bonchev–Trinajstić information content (AvgIpc) is 3.15. The number of rotatable bonds is 4. The number of hydrogen-bond acceptors (Lipinski definition) is 5. The van der Waals surface area contributed by atoms with Gasteiger partial charge in [-0.1, -0.05) is 12.1 Å². The predicted octanol–water partition coefficient (Wildman–Crippen LogP) is 3.09. The van der Waals surface area contributed by atoms with Gasteiger partial charge >= 0.3 is 0 Å². The lowest BCUT2D eigenvalue weighted by molar-refractivity contribution is 0.415. The maximum Gasteiger partial charge on any atom is 0.219 e. The molecule has 7 heteroatoms. The fourth-order valence-electron chi connectivity index (χ4n) is 1.81. The van der Waals surface area contributed by atoms with Gasteiger partial charge in [-0.3, -0.25) is 0 Å². The maximum atomic E-state index is 5.32. The molecule has 0 atom stereocenters. The molecule has 0 amide bonds. The van der Waals surface area contributed by atoms with Crippen LogP contribution in [0.4, 0.5) is 0 Å². The minimum atomic E-state index is 0.389. The van der Waals surface area contributed by atoms with E-state index in [1.807, 2.05) is 24.3 Å². The summed E-state index contributed by atoms with van der Waals surface area (Å²) in [5, 5.41) is 11.2. The highest BCUT2D eigenvalue weighted by atomic mass is 32.1. The highest BCUT2D eigenvalue weighted by molar-refractivity contribution is 7.71. The summed E-state index contributed by atoms with van der Waals surface area (Å²) in [5.41, 5.74) is 0.892. The molecular formula is C14H12N4O2S. The Morgan fingerprint density at radius 1 is 1.38 bits per heavy atom. The third-order valence-corrected chi connectivity index (χ3v) is 3.07. The van der Waals surface area contributed by atoms with Crippen molar-refractivity contribution in [3.05, 3.63) is 53.0 Å². The summed E-state index contributed by atoms with van der Waals surface area (Å²) in [5.74, 6) is 1.87. The van der Waals surface area contributed by atoms with Crippen LogP contribution in [0.5, 0.6) is 5.75 Å². The minimum absolute atomic E-state index is 0.389. The van der Waals surface area contributed by atoms with Gasteiger partial charge in [0.05, 0.1) is 19.6 Å². The molecule has 0 bridgehead atoms. The molecule has 0 saturated carbocycles. The molecule has 0 aliphatic rings. The van der Waals surface area contributed by atoms with Crippen molar-refractivity contribution in [2.45, 2.75) is 0 Å². The molecule has 0 aliphatic heterocycles. The van der Waals surface area contributed by atoms with E-state index in [4.69, 9.17) is 21.4 Å². The molecule has 2 heterocycles. The lowest BCUT2D eigenvalue weighted by atomic mass is 10.2. The fraction of sp³-hybridized carbons (Fsp3) is 0.0714. The fourth-order valence-corrected chi connectivity index (χ4v) is 1.99. The maximum absolute atomic E-state index is 5.32. The standard InChI is InChI=1S/C14H12N4O2S/c1-19-11-5-2-4-10(8-11)9-15-18-13(16-17-14(18)21)12-6-3-7-20-12/h2-9H,1H3,(H,17,21)/b15-9-. The molecule has 0 saturated heterocycles. The Balaban J connectivity index is 1.96. The van der Waals surface area contributed by atoms with Crippen LogP contribution in [0.2, 0.25) is 0 Å². The van der Waals surface area contributed by atoms with Crippen molar-refractivity contribution in [2.75, 3.05) is 7.11 Å². The first-order valence-electron chi connectivity index (χ1n) is 6.17. The summed E-state index contributed by atoms with van der Waals surface area (Å²) in [7, 11) is 1.62. The summed E-state index contributed by atoms with van der Waals surface area (Å²) >= 11 is 5.18. The van der Waals surface area contributed by atoms with Gasteiger partial charge in [0.1, 0.15) is 5.75 Å². The molecule has 106 valence electrons. The van der Waals surface area contributed by atoms with Crippen LogP contribution >= 0.6 is 12.2 Å². The zero-order chi connectivity index (χ0) is 14.7. The number of benzene rings is 1. The smallest absolute Gasteiger partial charge is 0.219 e. The second-order valence-electron chi connectivity index (χ2n) is 4.16. The normalized spacial score (nSPS) is 11.1. The van der Waals surface area contributed by atoms with Crippen molar-refractivity contribution in [2.24, 2.45) is 5.10 Å². The Morgan fingerprint density at radius 3 is 3.05 bits per heavy atom. The van der Waals surface area contributed by atoms with Gasteiger partial charge in [-0.05, 0) is 42.0 Å². The number of aromatic nitrogens is 3. The zero-order valence-corrected chi connectivity index (χ0v) is 12.0. The SMILES string of the molecule is COc1cccc(/C=N\n2c(-c3ccco3)n[nH]c2=S)c1. The second-order valence-corrected chi connectivity index (χ2v) is 4.55. The molecule has 0 radical (unpaired) electrons. The quantitative estimate of drug-likeness (QED) is 0.594. The van der Waals surface area contributed by atoms with Crippen LogP contribution in [0, 0.1) is 4.77 Å². The van der Waals surface area contributed by atoms with E-state index in [-0.39, 0.29) is 0 Å². The number of methoxy groups -OCH3 is 1. The first-order chi connectivity index (χ1) is 10.3. The summed E-state index contributed by atoms with van der Waals surface area (Å²) in [6, 6.07) is 11.1. The highest BCUT2D eigenvalue weighted by Crippen LogP contribution is 2.17. The first-order valence-corrected chi connectivity index (χ1v) is 6.58. The van der Waals surface area contributed by atoms with E-state index in [0.717, 1.165) is 11.3 Å². The van der Waals surface area contributed by atoms with Crippen LogP contribution in [0.25, 0.3) is 11.6 Å². The molecule has 6 nitrogen and oxygen atoms in total. The van der Waals surface area contributed by atoms with Crippen molar-refractivity contribution in [3.63, 3.8) is 0 Å². The van der Waals surface area contributed by atoms with Gasteiger partial charge in [0, 0.05) is 0 Å². The predicted molar refractivity (Wildman–Crippen MR) is 81.1 cm³/mol. The highest BCUT2D eigenvalue weighted by Gasteiger charge is 2.10. The molecule has 3 aromatic rings. The van der Waals surface area contributed by atoms with Crippen molar-refractivity contribution in [1.29, 1.82) is 0 Å². The number of H-pyrrole nitrogens is 1. The van der Waals surface area contributed by atoms with Gasteiger partial charge in [0.2, 0.25) is 10.6 Å². The Labute approximate surface area is 125 Å². The Kier molecular flexibility index (Phi) is 3.65. The molecule has 21 heavy (non-hydrogen) atoms. The minimum Gasteiger partial charge on any atom is -0.497 e. The first kappa shape index (κ1) is 13.3. The van der Waals surface area contributed by atoms with Gasteiger partial charge in [0.25, 0.3) is 0 Å². The number of nitrogens with one attached hydrogen (secondary N) is 1. The second kappa shape index (κ2) is 5.76. The van der Waals surface area contributed by atoms with E-state index in [9.17, 15) is 0 Å².